The summed E-state index contributed by atoms with van der Waals surface area (Å²) in [6.45, 7) is 2.61. The minimum atomic E-state index is 0.663. The van der Waals surface area contributed by atoms with Gasteiger partial charge in [-0.15, -0.1) is 11.3 Å². The van der Waals surface area contributed by atoms with Crippen LogP contribution < -0.4 is 0 Å². The topological polar surface area (TPSA) is 41.9 Å². The molecule has 1 saturated carbocycles. The van der Waals surface area contributed by atoms with Gasteiger partial charge in [0.1, 0.15) is 6.33 Å². The molecule has 24 heavy (non-hydrogen) atoms. The zero-order chi connectivity index (χ0) is 15.9. The van der Waals surface area contributed by atoms with E-state index in [1.807, 2.05) is 23.7 Å². The van der Waals surface area contributed by atoms with Gasteiger partial charge >= 0.3 is 0 Å². The van der Waals surface area contributed by atoms with Crippen LogP contribution in [-0.4, -0.2) is 39.0 Å². The second-order valence-electron chi connectivity index (χ2n) is 6.93. The average molecular weight is 336 g/mol. The summed E-state index contributed by atoms with van der Waals surface area (Å²) >= 11 is 1.86. The van der Waals surface area contributed by atoms with Crippen LogP contribution in [0.3, 0.4) is 0 Å². The van der Waals surface area contributed by atoms with Crippen molar-refractivity contribution < 1.29 is 0 Å². The van der Waals surface area contributed by atoms with Gasteiger partial charge in [0.2, 0.25) is 0 Å². The molecule has 2 aromatic heterocycles. The lowest BCUT2D eigenvalue weighted by atomic mass is 9.80. The number of rotatable bonds is 3. The van der Waals surface area contributed by atoms with Gasteiger partial charge in [0, 0.05) is 29.9 Å². The average Bonchev–Trinajstić information content (AvgIpc) is 3.23. The molecule has 0 unspecified atom stereocenters. The Kier molecular flexibility index (Phi) is 3.56. The van der Waals surface area contributed by atoms with E-state index < -0.39 is 0 Å². The molecule has 1 aromatic carbocycles. The molecule has 5 rings (SSSR count). The minimum absolute atomic E-state index is 0.663. The molecule has 5 heteroatoms. The van der Waals surface area contributed by atoms with Crippen molar-refractivity contribution in [1.29, 1.82) is 0 Å². The van der Waals surface area contributed by atoms with Crippen LogP contribution in [0.5, 0.6) is 0 Å². The van der Waals surface area contributed by atoms with Crippen LogP contribution in [0.4, 0.5) is 0 Å². The van der Waals surface area contributed by atoms with E-state index in [1.165, 1.54) is 54.0 Å². The number of aromatic nitrogens is 3. The molecule has 0 bridgehead atoms. The van der Waals surface area contributed by atoms with Gasteiger partial charge in [0.25, 0.3) is 0 Å². The molecule has 3 heterocycles. The lowest BCUT2D eigenvalue weighted by Gasteiger charge is -2.40. The maximum atomic E-state index is 4.90. The third-order valence-corrected chi connectivity index (χ3v) is 6.60. The van der Waals surface area contributed by atoms with Crippen LogP contribution in [0, 0.1) is 0 Å². The van der Waals surface area contributed by atoms with Crippen molar-refractivity contribution in [2.45, 2.75) is 37.6 Å². The van der Waals surface area contributed by atoms with E-state index >= 15 is 0 Å². The fourth-order valence-corrected chi connectivity index (χ4v) is 5.07. The number of nitrogens with zero attached hydrogens (tertiary/aromatic N) is 4. The second-order valence-corrected chi connectivity index (χ2v) is 7.99. The van der Waals surface area contributed by atoms with Gasteiger partial charge in [-0.1, -0.05) is 6.07 Å². The van der Waals surface area contributed by atoms with Crippen molar-refractivity contribution in [1.82, 2.24) is 19.9 Å². The van der Waals surface area contributed by atoms with Crippen molar-refractivity contribution in [3.8, 4) is 11.1 Å². The Labute approximate surface area is 145 Å². The molecular formula is C19H20N4S. The highest BCUT2D eigenvalue weighted by atomic mass is 32.1. The highest BCUT2D eigenvalue weighted by Gasteiger charge is 2.37. The third-order valence-electron chi connectivity index (χ3n) is 5.42. The van der Waals surface area contributed by atoms with E-state index in [-0.39, 0.29) is 0 Å². The predicted octanol–water partition coefficient (Wildman–Crippen LogP) is 4.10. The van der Waals surface area contributed by atoms with E-state index in [1.54, 1.807) is 6.33 Å². The van der Waals surface area contributed by atoms with Gasteiger partial charge in [0.15, 0.2) is 0 Å². The van der Waals surface area contributed by atoms with Gasteiger partial charge in [-0.25, -0.2) is 15.0 Å². The summed E-state index contributed by atoms with van der Waals surface area (Å²) in [5.74, 6) is 0.663. The SMILES string of the molecule is c1ncc(-c2ccc3nc(C4CC(N5CCCC5)C4)sc3c2)cn1. The largest absolute Gasteiger partial charge is 0.300 e. The van der Waals surface area contributed by atoms with E-state index in [4.69, 9.17) is 4.98 Å². The Balaban J connectivity index is 1.37. The first kappa shape index (κ1) is 14.5. The van der Waals surface area contributed by atoms with Crippen LogP contribution in [0.1, 0.15) is 36.6 Å². The van der Waals surface area contributed by atoms with Gasteiger partial charge in [0.05, 0.1) is 15.2 Å². The Morgan fingerprint density at radius 1 is 1.00 bits per heavy atom. The van der Waals surface area contributed by atoms with Crippen molar-refractivity contribution in [3.05, 3.63) is 41.9 Å². The Morgan fingerprint density at radius 3 is 2.58 bits per heavy atom. The van der Waals surface area contributed by atoms with E-state index in [9.17, 15) is 0 Å². The first-order valence-electron chi connectivity index (χ1n) is 8.77. The highest BCUT2D eigenvalue weighted by Crippen LogP contribution is 2.43. The standard InChI is InChI=1S/C19H20N4S/c1-2-6-23(5-1)16-7-14(8-16)19-22-17-4-3-13(9-18(17)24-19)15-10-20-12-21-11-15/h3-4,9-12,14,16H,1-2,5-8H2. The minimum Gasteiger partial charge on any atom is -0.300 e. The summed E-state index contributed by atoms with van der Waals surface area (Å²) in [7, 11) is 0. The van der Waals surface area contributed by atoms with Crippen molar-refractivity contribution >= 4 is 21.6 Å². The molecule has 4 nitrogen and oxygen atoms in total. The fourth-order valence-electron chi connectivity index (χ4n) is 3.94. The number of hydrogen-bond donors (Lipinski definition) is 0. The predicted molar refractivity (Wildman–Crippen MR) is 97.2 cm³/mol. The highest BCUT2D eigenvalue weighted by molar-refractivity contribution is 7.18. The summed E-state index contributed by atoms with van der Waals surface area (Å²) in [6.07, 6.45) is 10.6. The maximum absolute atomic E-state index is 4.90. The molecule has 0 amide bonds. The zero-order valence-electron chi connectivity index (χ0n) is 13.6. The summed E-state index contributed by atoms with van der Waals surface area (Å²) in [4.78, 5) is 15.8. The molecule has 0 radical (unpaired) electrons. The maximum Gasteiger partial charge on any atom is 0.115 e. The lowest BCUT2D eigenvalue weighted by molar-refractivity contribution is 0.136. The number of fused-ring (bicyclic) bond motifs is 1. The van der Waals surface area contributed by atoms with Crippen molar-refractivity contribution in [3.63, 3.8) is 0 Å². The van der Waals surface area contributed by atoms with Crippen LogP contribution in [0.15, 0.2) is 36.9 Å². The Morgan fingerprint density at radius 2 is 1.79 bits per heavy atom. The van der Waals surface area contributed by atoms with Gasteiger partial charge in [-0.3, -0.25) is 0 Å². The Hall–Kier alpha value is -1.85. The van der Waals surface area contributed by atoms with E-state index in [2.05, 4.69) is 33.1 Å². The molecule has 0 N–H and O–H groups in total. The molecule has 1 saturated heterocycles. The van der Waals surface area contributed by atoms with Crippen LogP contribution >= 0.6 is 11.3 Å². The van der Waals surface area contributed by atoms with Gasteiger partial charge < -0.3 is 4.90 Å². The normalized spacial score (nSPS) is 24.3. The molecule has 0 spiro atoms. The van der Waals surface area contributed by atoms with Gasteiger partial charge in [-0.2, -0.15) is 0 Å². The third kappa shape index (κ3) is 2.52. The molecule has 122 valence electrons. The van der Waals surface area contributed by atoms with Crippen LogP contribution in [0.2, 0.25) is 0 Å². The summed E-state index contributed by atoms with van der Waals surface area (Å²) < 4.78 is 1.27. The Bertz CT molecular complexity index is 848. The quantitative estimate of drug-likeness (QED) is 0.722. The van der Waals surface area contributed by atoms with Crippen LogP contribution in [-0.2, 0) is 0 Å². The number of thiazole rings is 1. The molecule has 1 aliphatic heterocycles. The van der Waals surface area contributed by atoms with E-state index in [0.717, 1.165) is 17.1 Å². The summed E-state index contributed by atoms with van der Waals surface area (Å²) in [6, 6.07) is 7.29. The number of likely N-dealkylation sites (tertiary alicyclic amines) is 1. The lowest BCUT2D eigenvalue weighted by Crippen LogP contribution is -2.42. The molecule has 3 aromatic rings. The zero-order valence-corrected chi connectivity index (χ0v) is 14.4. The monoisotopic (exact) mass is 336 g/mol. The van der Waals surface area contributed by atoms with Gasteiger partial charge in [-0.05, 0) is 56.5 Å². The van der Waals surface area contributed by atoms with Crippen molar-refractivity contribution in [2.75, 3.05) is 13.1 Å². The first-order chi connectivity index (χ1) is 11.9. The number of hydrogen-bond acceptors (Lipinski definition) is 5. The second kappa shape index (κ2) is 5.90. The molecule has 2 fully saturated rings. The summed E-state index contributed by atoms with van der Waals surface area (Å²) in [5.41, 5.74) is 3.36. The molecule has 2 aliphatic rings. The molecule has 0 atom stereocenters. The molecular weight excluding hydrogens is 316 g/mol. The fraction of sp³-hybridized carbons (Fsp3) is 0.421. The summed E-state index contributed by atoms with van der Waals surface area (Å²) in [5, 5.41) is 1.32. The smallest absolute Gasteiger partial charge is 0.115 e. The van der Waals surface area contributed by atoms with Crippen LogP contribution in [0.25, 0.3) is 21.3 Å². The molecule has 1 aliphatic carbocycles. The van der Waals surface area contributed by atoms with E-state index in [0.29, 0.717) is 5.92 Å². The number of benzene rings is 1. The van der Waals surface area contributed by atoms with Crippen molar-refractivity contribution in [2.24, 2.45) is 0 Å². The first-order valence-corrected chi connectivity index (χ1v) is 9.58.